The molecule has 0 spiro atoms. The third-order valence-corrected chi connectivity index (χ3v) is 3.66. The predicted octanol–water partition coefficient (Wildman–Crippen LogP) is 2.27. The number of amides is 1. The van der Waals surface area contributed by atoms with Crippen molar-refractivity contribution in [2.75, 3.05) is 19.7 Å². The number of benzene rings is 1. The molecule has 0 saturated carbocycles. The third-order valence-electron chi connectivity index (χ3n) is 3.66. The molecule has 0 aromatic heterocycles. The van der Waals surface area contributed by atoms with Gasteiger partial charge in [0, 0.05) is 13.1 Å². The second-order valence-electron chi connectivity index (χ2n) is 6.06. The lowest BCUT2D eigenvalue weighted by Gasteiger charge is -2.25. The first-order chi connectivity index (χ1) is 10.1. The molecule has 1 amide bonds. The van der Waals surface area contributed by atoms with E-state index in [1.165, 1.54) is 5.56 Å². The molecule has 116 valence electrons. The van der Waals surface area contributed by atoms with Crippen molar-refractivity contribution in [3.05, 3.63) is 35.9 Å². The maximum absolute atomic E-state index is 12.3. The molecule has 1 aromatic carbocycles. The molecule has 0 bridgehead atoms. The molecule has 2 N–H and O–H groups in total. The summed E-state index contributed by atoms with van der Waals surface area (Å²) in [4.78, 5) is 12.3. The topological polar surface area (TPSA) is 50.4 Å². The van der Waals surface area contributed by atoms with Crippen LogP contribution < -0.4 is 10.6 Å². The van der Waals surface area contributed by atoms with E-state index in [-0.39, 0.29) is 18.1 Å². The molecule has 1 fully saturated rings. The highest BCUT2D eigenvalue weighted by molar-refractivity contribution is 5.77. The van der Waals surface area contributed by atoms with E-state index in [1.54, 1.807) is 0 Å². The molecular weight excluding hydrogens is 264 g/mol. The Kier molecular flexibility index (Phi) is 6.21. The molecular formula is C17H26N2O2. The number of carbonyl (C=O) groups excluding carboxylic acids is 1. The highest BCUT2D eigenvalue weighted by atomic mass is 16.5. The minimum absolute atomic E-state index is 0.00535. The van der Waals surface area contributed by atoms with Crippen LogP contribution in [0, 0.1) is 5.92 Å². The van der Waals surface area contributed by atoms with E-state index in [9.17, 15) is 4.79 Å². The van der Waals surface area contributed by atoms with Gasteiger partial charge in [0.15, 0.2) is 0 Å². The van der Waals surface area contributed by atoms with Gasteiger partial charge in [0.25, 0.3) is 0 Å². The van der Waals surface area contributed by atoms with Gasteiger partial charge in [0.05, 0.1) is 25.2 Å². The Bertz CT molecular complexity index is 428. The first-order valence-electron chi connectivity index (χ1n) is 7.81. The third kappa shape index (κ3) is 5.48. The lowest BCUT2D eigenvalue weighted by Crippen LogP contribution is -2.42. The fraction of sp³-hybridized carbons (Fsp3) is 0.588. The molecule has 1 aliphatic heterocycles. The van der Waals surface area contributed by atoms with Gasteiger partial charge in [-0.05, 0) is 17.9 Å². The molecule has 21 heavy (non-hydrogen) atoms. The molecule has 2 atom stereocenters. The van der Waals surface area contributed by atoms with Crippen LogP contribution in [0.5, 0.6) is 0 Å². The molecule has 0 aliphatic carbocycles. The first kappa shape index (κ1) is 16.0. The van der Waals surface area contributed by atoms with E-state index in [0.29, 0.717) is 18.9 Å². The zero-order chi connectivity index (χ0) is 15.1. The van der Waals surface area contributed by atoms with Crippen molar-refractivity contribution in [1.82, 2.24) is 10.6 Å². The molecule has 2 rings (SSSR count). The van der Waals surface area contributed by atoms with Crippen molar-refractivity contribution in [1.29, 1.82) is 0 Å². The van der Waals surface area contributed by atoms with Gasteiger partial charge in [-0.1, -0.05) is 44.2 Å². The predicted molar refractivity (Wildman–Crippen MR) is 84.0 cm³/mol. The summed E-state index contributed by atoms with van der Waals surface area (Å²) in [5.74, 6) is 0.598. The Morgan fingerprint density at radius 3 is 2.76 bits per heavy atom. The van der Waals surface area contributed by atoms with Crippen molar-refractivity contribution >= 4 is 5.91 Å². The summed E-state index contributed by atoms with van der Waals surface area (Å²) in [6, 6.07) is 10.3. The van der Waals surface area contributed by atoms with Gasteiger partial charge in [-0.25, -0.2) is 0 Å². The lowest BCUT2D eigenvalue weighted by atomic mass is 9.97. The molecule has 4 heteroatoms. The zero-order valence-electron chi connectivity index (χ0n) is 13.0. The summed E-state index contributed by atoms with van der Waals surface area (Å²) in [7, 11) is 0. The van der Waals surface area contributed by atoms with Gasteiger partial charge in [-0.15, -0.1) is 0 Å². The summed E-state index contributed by atoms with van der Waals surface area (Å²) in [5, 5.41) is 6.42. The number of rotatable bonds is 6. The molecule has 1 aliphatic rings. The number of morpholine rings is 1. The fourth-order valence-electron chi connectivity index (χ4n) is 2.65. The van der Waals surface area contributed by atoms with Crippen LogP contribution in [0.4, 0.5) is 0 Å². The number of hydrogen-bond donors (Lipinski definition) is 2. The second-order valence-corrected chi connectivity index (χ2v) is 6.06. The van der Waals surface area contributed by atoms with Gasteiger partial charge < -0.3 is 15.4 Å². The normalized spacial score (nSPS) is 20.2. The monoisotopic (exact) mass is 290 g/mol. The van der Waals surface area contributed by atoms with Gasteiger partial charge in [0.2, 0.25) is 5.91 Å². The van der Waals surface area contributed by atoms with Crippen molar-refractivity contribution in [3.63, 3.8) is 0 Å². The van der Waals surface area contributed by atoms with Gasteiger partial charge in [-0.3, -0.25) is 4.79 Å². The van der Waals surface area contributed by atoms with Crippen molar-refractivity contribution < 1.29 is 9.53 Å². The Morgan fingerprint density at radius 1 is 1.38 bits per heavy atom. The maximum Gasteiger partial charge on any atom is 0.223 e. The van der Waals surface area contributed by atoms with Crippen LogP contribution >= 0.6 is 0 Å². The van der Waals surface area contributed by atoms with Crippen LogP contribution in [0.15, 0.2) is 30.3 Å². The Hall–Kier alpha value is -1.39. The second kappa shape index (κ2) is 8.15. The van der Waals surface area contributed by atoms with Crippen LogP contribution in [-0.2, 0) is 9.53 Å². The Labute approximate surface area is 127 Å². The number of nitrogens with one attached hydrogen (secondary N) is 2. The molecule has 4 nitrogen and oxygen atoms in total. The minimum atomic E-state index is -0.00535. The van der Waals surface area contributed by atoms with Crippen LogP contribution in [-0.4, -0.2) is 31.7 Å². The van der Waals surface area contributed by atoms with Crippen molar-refractivity contribution in [2.45, 2.75) is 38.8 Å². The van der Waals surface area contributed by atoms with Gasteiger partial charge in [-0.2, -0.15) is 0 Å². The molecule has 1 aromatic rings. The number of hydrogen-bond acceptors (Lipinski definition) is 3. The zero-order valence-corrected chi connectivity index (χ0v) is 13.0. The summed E-state index contributed by atoms with van der Waals surface area (Å²) in [6.07, 6.45) is 1.36. The van der Waals surface area contributed by atoms with Crippen LogP contribution in [0.2, 0.25) is 0 Å². The van der Waals surface area contributed by atoms with E-state index in [4.69, 9.17) is 4.74 Å². The van der Waals surface area contributed by atoms with Crippen molar-refractivity contribution in [2.24, 2.45) is 5.92 Å². The van der Waals surface area contributed by atoms with Crippen LogP contribution in [0.25, 0.3) is 0 Å². The minimum Gasteiger partial charge on any atom is -0.375 e. The SMILES string of the molecule is CC(C)CC(NC(=O)CC1CNCCO1)c1ccccc1. The summed E-state index contributed by atoms with van der Waals surface area (Å²) < 4.78 is 5.59. The average molecular weight is 290 g/mol. The summed E-state index contributed by atoms with van der Waals surface area (Å²) in [6.45, 7) is 6.67. The molecule has 2 unspecified atom stereocenters. The lowest BCUT2D eigenvalue weighted by molar-refractivity contribution is -0.125. The van der Waals surface area contributed by atoms with E-state index in [1.807, 2.05) is 18.2 Å². The Morgan fingerprint density at radius 2 is 2.14 bits per heavy atom. The molecule has 1 saturated heterocycles. The standard InChI is InChI=1S/C17H26N2O2/c1-13(2)10-16(14-6-4-3-5-7-14)19-17(20)11-15-12-18-8-9-21-15/h3-7,13,15-16,18H,8-12H2,1-2H3,(H,19,20). The highest BCUT2D eigenvalue weighted by Crippen LogP contribution is 2.21. The van der Waals surface area contributed by atoms with Crippen LogP contribution in [0.1, 0.15) is 38.3 Å². The maximum atomic E-state index is 12.3. The van der Waals surface area contributed by atoms with Gasteiger partial charge in [0.1, 0.15) is 0 Å². The fourth-order valence-corrected chi connectivity index (χ4v) is 2.65. The van der Waals surface area contributed by atoms with Crippen LogP contribution in [0.3, 0.4) is 0 Å². The van der Waals surface area contributed by atoms with E-state index in [0.717, 1.165) is 19.5 Å². The largest absolute Gasteiger partial charge is 0.375 e. The van der Waals surface area contributed by atoms with E-state index < -0.39 is 0 Å². The quantitative estimate of drug-likeness (QED) is 0.845. The summed E-state index contributed by atoms with van der Waals surface area (Å²) in [5.41, 5.74) is 1.17. The van der Waals surface area contributed by atoms with Crippen molar-refractivity contribution in [3.8, 4) is 0 Å². The number of ether oxygens (including phenoxy) is 1. The Balaban J connectivity index is 1.92. The highest BCUT2D eigenvalue weighted by Gasteiger charge is 2.20. The van der Waals surface area contributed by atoms with Gasteiger partial charge >= 0.3 is 0 Å². The van der Waals surface area contributed by atoms with E-state index >= 15 is 0 Å². The number of carbonyl (C=O) groups is 1. The van der Waals surface area contributed by atoms with E-state index in [2.05, 4.69) is 36.6 Å². The molecule has 0 radical (unpaired) electrons. The summed E-state index contributed by atoms with van der Waals surface area (Å²) >= 11 is 0. The average Bonchev–Trinajstić information content (AvgIpc) is 2.48. The molecule has 1 heterocycles. The smallest absolute Gasteiger partial charge is 0.223 e. The first-order valence-corrected chi connectivity index (χ1v) is 7.81.